The molecule has 0 saturated heterocycles. The number of carbonyl (C=O) groups is 1. The fourth-order valence-corrected chi connectivity index (χ4v) is 4.30. The molecule has 8 nitrogen and oxygen atoms in total. The zero-order chi connectivity index (χ0) is 23.1. The second-order valence-electron chi connectivity index (χ2n) is 7.30. The molecule has 10 heteroatoms. The van der Waals surface area contributed by atoms with Crippen LogP contribution >= 0.6 is 11.6 Å². The lowest BCUT2D eigenvalue weighted by Crippen LogP contribution is -2.41. The van der Waals surface area contributed by atoms with Crippen molar-refractivity contribution in [3.8, 4) is 16.9 Å². The molecule has 0 bridgehead atoms. The highest BCUT2D eigenvalue weighted by atomic mass is 35.5. The monoisotopic (exact) mass is 470 g/mol. The van der Waals surface area contributed by atoms with Crippen LogP contribution < -0.4 is 9.92 Å². The molecule has 1 unspecified atom stereocenters. The van der Waals surface area contributed by atoms with Gasteiger partial charge in [-0.2, -0.15) is 8.42 Å². The molecule has 2 heterocycles. The van der Waals surface area contributed by atoms with Gasteiger partial charge in [-0.3, -0.25) is 14.7 Å². The minimum Gasteiger partial charge on any atom is -0.383 e. The van der Waals surface area contributed by atoms with Gasteiger partial charge in [0.25, 0.3) is 5.91 Å². The maximum absolute atomic E-state index is 13.5. The molecule has 1 aliphatic heterocycles. The Bertz CT molecular complexity index is 1360. The van der Waals surface area contributed by atoms with E-state index in [2.05, 4.69) is 9.98 Å². The summed E-state index contributed by atoms with van der Waals surface area (Å²) in [6, 6.07) is 15.1. The molecule has 4 rings (SSSR count). The van der Waals surface area contributed by atoms with E-state index in [1.807, 2.05) is 6.07 Å². The molecule has 0 radical (unpaired) electrons. The molecule has 2 N–H and O–H groups in total. The van der Waals surface area contributed by atoms with Crippen molar-refractivity contribution in [3.63, 3.8) is 0 Å². The van der Waals surface area contributed by atoms with E-state index in [1.165, 1.54) is 24.1 Å². The van der Waals surface area contributed by atoms with Crippen molar-refractivity contribution < 1.29 is 17.4 Å². The van der Waals surface area contributed by atoms with Gasteiger partial charge in [-0.1, -0.05) is 41.9 Å². The predicted molar refractivity (Wildman–Crippen MR) is 122 cm³/mol. The summed E-state index contributed by atoms with van der Waals surface area (Å²) in [6.45, 7) is 0. The van der Waals surface area contributed by atoms with Crippen LogP contribution in [0.5, 0.6) is 5.75 Å². The summed E-state index contributed by atoms with van der Waals surface area (Å²) in [4.78, 5) is 23.4. The number of hydrogen-bond donors (Lipinski definition) is 1. The summed E-state index contributed by atoms with van der Waals surface area (Å²) in [5, 5.41) is 0.507. The maximum Gasteiger partial charge on any atom is 0.306 e. The topological polar surface area (TPSA) is 115 Å². The summed E-state index contributed by atoms with van der Waals surface area (Å²) < 4.78 is 28.3. The number of hydrogen-bond acceptors (Lipinski definition) is 7. The Kier molecular flexibility index (Phi) is 5.39. The van der Waals surface area contributed by atoms with Gasteiger partial charge in [0.1, 0.15) is 5.75 Å². The summed E-state index contributed by atoms with van der Waals surface area (Å²) in [5.41, 5.74) is 6.87. The van der Waals surface area contributed by atoms with Gasteiger partial charge < -0.3 is 9.92 Å². The summed E-state index contributed by atoms with van der Waals surface area (Å²) in [7, 11) is -2.23. The number of pyridine rings is 1. The van der Waals surface area contributed by atoms with Crippen LogP contribution in [0.25, 0.3) is 11.1 Å². The van der Waals surface area contributed by atoms with Crippen molar-refractivity contribution in [2.75, 3.05) is 13.3 Å². The van der Waals surface area contributed by atoms with Gasteiger partial charge in [-0.15, -0.1) is 0 Å². The smallest absolute Gasteiger partial charge is 0.306 e. The van der Waals surface area contributed by atoms with Crippen LogP contribution in [0.1, 0.15) is 11.1 Å². The fraction of sp³-hybridized carbons (Fsp3) is 0.136. The standard InChI is InChI=1S/C22H19ClN4O4S/c1-27-20(28)22(26-21(27)24,16-7-4-8-17(12-16)31-32(2,29)30)15-6-3-5-14(11-15)18-13-25-10-9-19(18)23/h3-13H,1-2H3,(H2,24,26). The second kappa shape index (κ2) is 7.92. The van der Waals surface area contributed by atoms with E-state index in [-0.39, 0.29) is 17.6 Å². The van der Waals surface area contributed by atoms with Crippen molar-refractivity contribution in [3.05, 3.63) is 83.1 Å². The number of guanidine groups is 1. The van der Waals surface area contributed by atoms with E-state index in [1.54, 1.807) is 48.8 Å². The average molecular weight is 471 g/mol. The Morgan fingerprint density at radius 3 is 2.41 bits per heavy atom. The van der Waals surface area contributed by atoms with Crippen molar-refractivity contribution in [1.82, 2.24) is 9.88 Å². The lowest BCUT2D eigenvalue weighted by molar-refractivity contribution is -0.129. The fourth-order valence-electron chi connectivity index (χ4n) is 3.63. The van der Waals surface area contributed by atoms with Gasteiger partial charge >= 0.3 is 10.1 Å². The molecule has 0 fully saturated rings. The Labute approximate surface area is 190 Å². The minimum absolute atomic E-state index is 0.0363. The first-order chi connectivity index (χ1) is 15.1. The Hall–Kier alpha value is -3.43. The van der Waals surface area contributed by atoms with E-state index in [0.717, 1.165) is 11.8 Å². The zero-order valence-corrected chi connectivity index (χ0v) is 18.8. The van der Waals surface area contributed by atoms with Gasteiger partial charge in [-0.25, -0.2) is 4.99 Å². The second-order valence-corrected chi connectivity index (χ2v) is 9.28. The Morgan fingerprint density at radius 1 is 1.09 bits per heavy atom. The number of halogens is 1. The van der Waals surface area contributed by atoms with E-state index in [9.17, 15) is 13.2 Å². The number of benzene rings is 2. The molecular weight excluding hydrogens is 452 g/mol. The Morgan fingerprint density at radius 2 is 1.78 bits per heavy atom. The van der Waals surface area contributed by atoms with Gasteiger partial charge in [0, 0.05) is 25.0 Å². The number of amides is 1. The van der Waals surface area contributed by atoms with E-state index in [4.69, 9.17) is 21.5 Å². The molecule has 3 aromatic rings. The molecule has 1 atom stereocenters. The third-order valence-corrected chi connectivity index (χ3v) is 5.92. The quantitative estimate of drug-likeness (QED) is 0.573. The van der Waals surface area contributed by atoms with Crippen LogP contribution in [-0.2, 0) is 20.5 Å². The third-order valence-electron chi connectivity index (χ3n) is 5.10. The predicted octanol–water partition coefficient (Wildman–Crippen LogP) is 2.77. The van der Waals surface area contributed by atoms with Crippen molar-refractivity contribution in [2.45, 2.75) is 5.54 Å². The lowest BCUT2D eigenvalue weighted by atomic mass is 9.81. The van der Waals surface area contributed by atoms with Crippen LogP contribution in [0.4, 0.5) is 0 Å². The molecule has 0 spiro atoms. The molecule has 2 aromatic carbocycles. The molecule has 1 aromatic heterocycles. The molecule has 1 aliphatic rings. The van der Waals surface area contributed by atoms with Gasteiger partial charge in [0.2, 0.25) is 0 Å². The number of rotatable bonds is 5. The van der Waals surface area contributed by atoms with Crippen LogP contribution in [0.2, 0.25) is 5.02 Å². The summed E-state index contributed by atoms with van der Waals surface area (Å²) >= 11 is 6.34. The number of aliphatic imine (C=N–C) groups is 1. The first-order valence-electron chi connectivity index (χ1n) is 9.46. The highest BCUT2D eigenvalue weighted by Gasteiger charge is 2.49. The first-order valence-corrected chi connectivity index (χ1v) is 11.7. The van der Waals surface area contributed by atoms with Crippen LogP contribution in [0.3, 0.4) is 0 Å². The molecular formula is C22H19ClN4O4S. The van der Waals surface area contributed by atoms with E-state index < -0.39 is 15.7 Å². The average Bonchev–Trinajstić information content (AvgIpc) is 2.98. The SMILES string of the molecule is CN1C(=O)C(c2cccc(OS(C)(=O)=O)c2)(c2cccc(-c3cnccc3Cl)c2)N=C1N. The van der Waals surface area contributed by atoms with Crippen LogP contribution in [0, 0.1) is 0 Å². The van der Waals surface area contributed by atoms with E-state index in [0.29, 0.717) is 21.7 Å². The number of nitrogens with zero attached hydrogens (tertiary/aromatic N) is 3. The van der Waals surface area contributed by atoms with Gasteiger partial charge in [0.15, 0.2) is 11.5 Å². The first kappa shape index (κ1) is 21.8. The largest absolute Gasteiger partial charge is 0.383 e. The molecule has 0 aliphatic carbocycles. The molecule has 0 saturated carbocycles. The van der Waals surface area contributed by atoms with Crippen molar-refractivity contribution >= 4 is 33.6 Å². The highest BCUT2D eigenvalue weighted by Crippen LogP contribution is 2.42. The van der Waals surface area contributed by atoms with Crippen LogP contribution in [-0.4, -0.2) is 43.5 Å². The van der Waals surface area contributed by atoms with E-state index >= 15 is 0 Å². The number of aromatic nitrogens is 1. The normalized spacial score (nSPS) is 18.5. The van der Waals surface area contributed by atoms with Crippen molar-refractivity contribution in [1.29, 1.82) is 0 Å². The van der Waals surface area contributed by atoms with Gasteiger partial charge in [0.05, 0.1) is 11.3 Å². The number of likely N-dealkylation sites (N-methyl/N-ethyl adjacent to an activating group) is 1. The Balaban J connectivity index is 1.93. The third kappa shape index (κ3) is 3.80. The van der Waals surface area contributed by atoms with Crippen molar-refractivity contribution in [2.24, 2.45) is 10.7 Å². The summed E-state index contributed by atoms with van der Waals surface area (Å²) in [6.07, 6.45) is 4.17. The highest BCUT2D eigenvalue weighted by molar-refractivity contribution is 7.86. The van der Waals surface area contributed by atoms with Gasteiger partial charge in [-0.05, 0) is 41.0 Å². The maximum atomic E-state index is 13.5. The minimum atomic E-state index is -3.76. The van der Waals surface area contributed by atoms with Crippen LogP contribution in [0.15, 0.2) is 72.0 Å². The number of nitrogens with two attached hydrogens (primary N) is 1. The lowest BCUT2D eigenvalue weighted by Gasteiger charge is -2.27. The molecule has 1 amide bonds. The molecule has 32 heavy (non-hydrogen) atoms. The molecule has 164 valence electrons. The summed E-state index contributed by atoms with van der Waals surface area (Å²) in [5.74, 6) is -0.290. The zero-order valence-electron chi connectivity index (χ0n) is 17.2. The number of carbonyl (C=O) groups excluding carboxylic acids is 1.